The van der Waals surface area contributed by atoms with Gasteiger partial charge in [0.25, 0.3) is 11.1 Å². The minimum atomic E-state index is -0.561. The van der Waals surface area contributed by atoms with Crippen LogP contribution >= 0.6 is 0 Å². The molecule has 0 aliphatic carbocycles. The molecule has 0 bridgehead atoms. The second kappa shape index (κ2) is 11.7. The average molecular weight is 448 g/mol. The Morgan fingerprint density at radius 1 is 0.969 bits per heavy atom. The van der Waals surface area contributed by atoms with E-state index in [9.17, 15) is 14.4 Å². The van der Waals surface area contributed by atoms with Crippen molar-refractivity contribution in [2.75, 3.05) is 20.3 Å². The zero-order chi connectivity index (χ0) is 22.9. The van der Waals surface area contributed by atoms with Gasteiger partial charge < -0.3 is 19.3 Å². The number of hydrogen-bond donors (Lipinski definition) is 1. The van der Waals surface area contributed by atoms with Gasteiger partial charge in [-0.15, -0.1) is 0 Å². The Labute approximate surface area is 184 Å². The van der Waals surface area contributed by atoms with Crippen molar-refractivity contribution in [2.45, 2.75) is 57.6 Å². The maximum Gasteiger partial charge on any atom is 0.358 e. The first-order valence-corrected chi connectivity index (χ1v) is 10.6. The highest BCUT2D eigenvalue weighted by Crippen LogP contribution is 2.20. The van der Waals surface area contributed by atoms with Crippen molar-refractivity contribution >= 4 is 5.97 Å². The summed E-state index contributed by atoms with van der Waals surface area (Å²) in [7, 11) is 1.27. The van der Waals surface area contributed by atoms with Crippen LogP contribution in [0.4, 0.5) is 0 Å². The lowest BCUT2D eigenvalue weighted by Gasteiger charge is -2.23. The van der Waals surface area contributed by atoms with Crippen LogP contribution in [0, 0.1) is 0 Å². The van der Waals surface area contributed by atoms with Gasteiger partial charge in [0.05, 0.1) is 19.4 Å². The van der Waals surface area contributed by atoms with Gasteiger partial charge in [-0.3, -0.25) is 9.59 Å². The molecule has 4 heterocycles. The van der Waals surface area contributed by atoms with Crippen molar-refractivity contribution in [1.82, 2.24) is 19.6 Å². The van der Waals surface area contributed by atoms with E-state index in [1.807, 2.05) is 0 Å². The quantitative estimate of drug-likeness (QED) is 0.684. The number of aromatic nitrogens is 4. The smallest absolute Gasteiger partial charge is 0.358 e. The van der Waals surface area contributed by atoms with Crippen LogP contribution in [-0.4, -0.2) is 51.0 Å². The van der Waals surface area contributed by atoms with Gasteiger partial charge in [0, 0.05) is 25.3 Å². The number of hydrogen-bond acceptors (Lipinski definition) is 9. The number of aliphatic hydroxyl groups excluding tert-OH is 1. The van der Waals surface area contributed by atoms with Crippen LogP contribution in [0.25, 0.3) is 0 Å². The molecule has 2 unspecified atom stereocenters. The Kier molecular flexibility index (Phi) is 8.65. The van der Waals surface area contributed by atoms with Gasteiger partial charge >= 0.3 is 5.97 Å². The summed E-state index contributed by atoms with van der Waals surface area (Å²) in [6, 6.07) is 5.60. The van der Waals surface area contributed by atoms with E-state index in [4.69, 9.17) is 14.6 Å². The van der Waals surface area contributed by atoms with Gasteiger partial charge in [0.2, 0.25) is 0 Å². The molecule has 11 heteroatoms. The summed E-state index contributed by atoms with van der Waals surface area (Å²) >= 11 is 0. The zero-order valence-corrected chi connectivity index (χ0v) is 18.0. The van der Waals surface area contributed by atoms with Gasteiger partial charge in [0.15, 0.2) is 18.1 Å². The maximum atomic E-state index is 11.6. The third kappa shape index (κ3) is 6.09. The molecule has 2 aliphatic heterocycles. The second-order valence-corrected chi connectivity index (χ2v) is 7.40. The molecule has 0 aromatic carbocycles. The Morgan fingerprint density at radius 2 is 1.53 bits per heavy atom. The van der Waals surface area contributed by atoms with Gasteiger partial charge in [0.1, 0.15) is 0 Å². The molecule has 1 N–H and O–H groups in total. The summed E-state index contributed by atoms with van der Waals surface area (Å²) in [5, 5.41) is 16.9. The Balaban J connectivity index is 0.000000182. The molecule has 2 aromatic rings. The van der Waals surface area contributed by atoms with Crippen LogP contribution in [0.2, 0.25) is 0 Å². The third-order valence-corrected chi connectivity index (χ3v) is 5.12. The van der Waals surface area contributed by atoms with Crippen LogP contribution < -0.4 is 11.1 Å². The number of esters is 1. The molecule has 2 fully saturated rings. The third-order valence-electron chi connectivity index (χ3n) is 5.12. The highest BCUT2D eigenvalue weighted by atomic mass is 16.5. The zero-order valence-electron chi connectivity index (χ0n) is 18.0. The molecule has 4 rings (SSSR count). The number of carbonyl (C=O) groups is 1. The SMILES string of the molecule is COC(=O)c1ccc(=O)n(C2CCCCO2)n1.O=c1ccc(CO)nn1C1CCCCO1. The molecule has 2 atom stereocenters. The van der Waals surface area contributed by atoms with Crippen LogP contribution in [0.1, 0.15) is 67.2 Å². The number of methoxy groups -OCH3 is 1. The van der Waals surface area contributed by atoms with Crippen molar-refractivity contribution < 1.29 is 24.1 Å². The molecule has 0 radical (unpaired) electrons. The monoisotopic (exact) mass is 448 g/mol. The second-order valence-electron chi connectivity index (χ2n) is 7.40. The van der Waals surface area contributed by atoms with E-state index in [1.54, 1.807) is 0 Å². The Morgan fingerprint density at radius 3 is 2.03 bits per heavy atom. The standard InChI is InChI=1S/C11H14N2O4.C10H14N2O3/c1-16-11(15)8-5-6-9(14)13(12-8)10-4-2-3-7-17-10;13-7-8-4-5-9(14)12(11-8)10-3-1-2-6-15-10/h5-6,10H,2-4,7H2,1H3;4-5,10,13H,1-3,6-7H2. The van der Waals surface area contributed by atoms with Crippen molar-refractivity contribution in [3.63, 3.8) is 0 Å². The van der Waals surface area contributed by atoms with Crippen molar-refractivity contribution in [3.8, 4) is 0 Å². The molecule has 2 aliphatic rings. The van der Waals surface area contributed by atoms with E-state index in [0.29, 0.717) is 18.9 Å². The first-order chi connectivity index (χ1) is 15.5. The molecule has 2 aromatic heterocycles. The minimum Gasteiger partial charge on any atom is -0.464 e. The van der Waals surface area contributed by atoms with Gasteiger partial charge in [-0.1, -0.05) is 0 Å². The average Bonchev–Trinajstić information content (AvgIpc) is 2.85. The fraction of sp³-hybridized carbons (Fsp3) is 0.571. The number of ether oxygens (including phenoxy) is 3. The minimum absolute atomic E-state index is 0.112. The van der Waals surface area contributed by atoms with E-state index in [1.165, 1.54) is 40.7 Å². The number of carbonyl (C=O) groups excluding carboxylic acids is 1. The number of rotatable bonds is 4. The molecular formula is C21H28N4O7. The lowest BCUT2D eigenvalue weighted by molar-refractivity contribution is -0.0431. The first kappa shape index (κ1) is 23.8. The summed E-state index contributed by atoms with van der Waals surface area (Å²) in [6.07, 6.45) is 4.95. The number of nitrogens with zero attached hydrogens (tertiary/aromatic N) is 4. The summed E-state index contributed by atoms with van der Waals surface area (Å²) in [5.74, 6) is -0.561. The van der Waals surface area contributed by atoms with Crippen LogP contribution in [0.5, 0.6) is 0 Å². The highest BCUT2D eigenvalue weighted by molar-refractivity contribution is 5.86. The van der Waals surface area contributed by atoms with Crippen molar-refractivity contribution in [1.29, 1.82) is 0 Å². The normalized spacial score (nSPS) is 20.7. The van der Waals surface area contributed by atoms with Crippen LogP contribution in [-0.2, 0) is 20.8 Å². The fourth-order valence-corrected chi connectivity index (χ4v) is 3.43. The summed E-state index contributed by atoms with van der Waals surface area (Å²) < 4.78 is 18.0. The molecule has 174 valence electrons. The fourth-order valence-electron chi connectivity index (χ4n) is 3.43. The molecule has 32 heavy (non-hydrogen) atoms. The van der Waals surface area contributed by atoms with E-state index < -0.39 is 5.97 Å². The Hall–Kier alpha value is -2.89. The van der Waals surface area contributed by atoms with Gasteiger partial charge in [-0.25, -0.2) is 14.2 Å². The summed E-state index contributed by atoms with van der Waals surface area (Å²) in [6.45, 7) is 1.12. The summed E-state index contributed by atoms with van der Waals surface area (Å²) in [5.41, 5.74) is 0.147. The topological polar surface area (TPSA) is 135 Å². The predicted molar refractivity (Wildman–Crippen MR) is 112 cm³/mol. The largest absolute Gasteiger partial charge is 0.464 e. The first-order valence-electron chi connectivity index (χ1n) is 10.6. The molecule has 0 spiro atoms. The lowest BCUT2D eigenvalue weighted by Crippen LogP contribution is -2.31. The Bertz CT molecular complexity index is 1010. The van der Waals surface area contributed by atoms with Crippen molar-refractivity contribution in [3.05, 3.63) is 56.4 Å². The van der Waals surface area contributed by atoms with Gasteiger partial charge in [-0.2, -0.15) is 10.2 Å². The molecule has 2 saturated heterocycles. The van der Waals surface area contributed by atoms with E-state index in [0.717, 1.165) is 38.5 Å². The predicted octanol–water partition coefficient (Wildman–Crippen LogP) is 1.16. The molecule has 0 saturated carbocycles. The maximum absolute atomic E-state index is 11.6. The molecular weight excluding hydrogens is 420 g/mol. The van der Waals surface area contributed by atoms with Crippen LogP contribution in [0.3, 0.4) is 0 Å². The number of aliphatic hydroxyl groups is 1. The van der Waals surface area contributed by atoms with E-state index in [-0.39, 0.29) is 35.9 Å². The lowest BCUT2D eigenvalue weighted by atomic mass is 10.2. The summed E-state index contributed by atoms with van der Waals surface area (Å²) in [4.78, 5) is 34.5. The molecule has 0 amide bonds. The molecule has 11 nitrogen and oxygen atoms in total. The highest BCUT2D eigenvalue weighted by Gasteiger charge is 2.20. The van der Waals surface area contributed by atoms with E-state index >= 15 is 0 Å². The van der Waals surface area contributed by atoms with Crippen LogP contribution in [0.15, 0.2) is 33.9 Å². The van der Waals surface area contributed by atoms with Gasteiger partial charge in [-0.05, 0) is 50.7 Å². The van der Waals surface area contributed by atoms with E-state index in [2.05, 4.69) is 14.9 Å². The van der Waals surface area contributed by atoms with Crippen molar-refractivity contribution in [2.24, 2.45) is 0 Å².